The van der Waals surface area contributed by atoms with Crippen molar-refractivity contribution in [2.75, 3.05) is 154 Å². The third-order valence-electron chi connectivity index (χ3n) is 9.60. The van der Waals surface area contributed by atoms with Crippen LogP contribution in [0.5, 0.6) is 0 Å². The van der Waals surface area contributed by atoms with Gasteiger partial charge in [0, 0.05) is 147 Å². The van der Waals surface area contributed by atoms with Gasteiger partial charge in [-0.1, -0.05) is 33.1 Å². The Labute approximate surface area is 342 Å². The second kappa shape index (κ2) is 37.7. The average molecular weight is 848 g/mol. The van der Waals surface area contributed by atoms with E-state index in [2.05, 4.69) is 35.1 Å². The molecule has 0 aromatic carbocycles. The Kier molecular flexibility index (Phi) is 37.6. The second-order valence-electron chi connectivity index (χ2n) is 14.1. The predicted molar refractivity (Wildman–Crippen MR) is 224 cm³/mol. The van der Waals surface area contributed by atoms with Gasteiger partial charge in [-0.3, -0.25) is 4.90 Å². The molecule has 0 aliphatic heterocycles. The Morgan fingerprint density at radius 3 is 1.38 bits per heavy atom. The van der Waals surface area contributed by atoms with Crippen LogP contribution in [0.4, 0.5) is 0 Å². The lowest BCUT2D eigenvalue weighted by atomic mass is 10.0. The molecular formula is C37H85N5O12Si2. The van der Waals surface area contributed by atoms with Gasteiger partial charge >= 0.3 is 17.6 Å². The topological polar surface area (TPSA) is 195 Å². The van der Waals surface area contributed by atoms with Crippen molar-refractivity contribution < 1.29 is 56.1 Å². The first-order valence-electron chi connectivity index (χ1n) is 20.8. The summed E-state index contributed by atoms with van der Waals surface area (Å²) in [6.07, 6.45) is 4.17. The minimum absolute atomic E-state index is 0.172. The molecule has 0 saturated carbocycles. The Hall–Kier alpha value is -0.246. The summed E-state index contributed by atoms with van der Waals surface area (Å²) in [6.45, 7) is 14.2. The third-order valence-corrected chi connectivity index (χ3v) is 15.3. The van der Waals surface area contributed by atoms with Gasteiger partial charge in [-0.15, -0.1) is 0 Å². The maximum atomic E-state index is 10.8. The molecule has 338 valence electrons. The number of hydrogen-bond donors (Lipinski definition) is 7. The maximum absolute atomic E-state index is 10.8. The maximum Gasteiger partial charge on any atom is 0.500 e. The summed E-state index contributed by atoms with van der Waals surface area (Å²) in [5, 5.41) is 45.3. The monoisotopic (exact) mass is 848 g/mol. The molecule has 0 spiro atoms. The predicted octanol–water partition coefficient (Wildman–Crippen LogP) is 0.532. The summed E-state index contributed by atoms with van der Waals surface area (Å²) >= 11 is 0. The summed E-state index contributed by atoms with van der Waals surface area (Å²) in [7, 11) is 4.20. The fraction of sp³-hybridized carbons (Fsp3) is 1.00. The quantitative estimate of drug-likeness (QED) is 0.0331. The van der Waals surface area contributed by atoms with Crippen LogP contribution >= 0.6 is 0 Å². The largest absolute Gasteiger partial charge is 0.500 e. The molecule has 4 unspecified atom stereocenters. The highest BCUT2D eigenvalue weighted by atomic mass is 28.4. The van der Waals surface area contributed by atoms with Crippen LogP contribution < -0.4 is 21.3 Å². The molecule has 56 heavy (non-hydrogen) atoms. The van der Waals surface area contributed by atoms with Crippen LogP contribution in [0, 0.1) is 5.92 Å². The van der Waals surface area contributed by atoms with Gasteiger partial charge in [-0.05, 0) is 25.2 Å². The van der Waals surface area contributed by atoms with Gasteiger partial charge < -0.3 is 77.4 Å². The summed E-state index contributed by atoms with van der Waals surface area (Å²) in [4.78, 5) is 2.03. The van der Waals surface area contributed by atoms with Gasteiger partial charge in [0.25, 0.3) is 0 Å². The standard InChI is InChI=1S/C37H85N5O12Si2/c1-9-11-14-34(10-2)30-54-31-35(43)27-41-20-19-39-16-15-38-17-18-40-21-22-42(28-36(44)32-52-23-12-25-55(46-3,47-4)48-5)29-37(45)33-53-24-13-26-56(49-6,50-7)51-8/h34-41,43-45H,9-33H2,1-8H3. The highest BCUT2D eigenvalue weighted by Gasteiger charge is 2.37. The number of rotatable bonds is 44. The van der Waals surface area contributed by atoms with Gasteiger partial charge in [0.1, 0.15) is 0 Å². The highest BCUT2D eigenvalue weighted by Crippen LogP contribution is 2.16. The minimum atomic E-state index is -2.66. The van der Waals surface area contributed by atoms with Gasteiger partial charge in [-0.25, -0.2) is 0 Å². The van der Waals surface area contributed by atoms with Crippen molar-refractivity contribution in [2.24, 2.45) is 5.92 Å². The van der Waals surface area contributed by atoms with Crippen molar-refractivity contribution in [1.82, 2.24) is 26.2 Å². The van der Waals surface area contributed by atoms with Crippen molar-refractivity contribution in [1.29, 1.82) is 0 Å². The molecule has 0 saturated heterocycles. The molecule has 0 aromatic rings. The second-order valence-corrected chi connectivity index (χ2v) is 20.3. The van der Waals surface area contributed by atoms with Crippen LogP contribution in [0.2, 0.25) is 12.1 Å². The Bertz CT molecular complexity index is 792. The van der Waals surface area contributed by atoms with Crippen LogP contribution in [0.3, 0.4) is 0 Å². The van der Waals surface area contributed by atoms with Crippen LogP contribution in [-0.4, -0.2) is 210 Å². The summed E-state index contributed by atoms with van der Waals surface area (Å²) in [5.41, 5.74) is 0. The molecule has 0 amide bonds. The van der Waals surface area contributed by atoms with Crippen LogP contribution in [0.25, 0.3) is 0 Å². The zero-order valence-electron chi connectivity index (χ0n) is 36.5. The smallest absolute Gasteiger partial charge is 0.389 e. The van der Waals surface area contributed by atoms with Gasteiger partial charge in [0.15, 0.2) is 0 Å². The van der Waals surface area contributed by atoms with Gasteiger partial charge in [-0.2, -0.15) is 0 Å². The summed E-state index contributed by atoms with van der Waals surface area (Å²) in [5.74, 6) is 0.584. The van der Waals surface area contributed by atoms with E-state index in [-0.39, 0.29) is 13.2 Å². The molecular weight excluding hydrogens is 763 g/mol. The molecule has 0 aliphatic carbocycles. The fourth-order valence-corrected chi connectivity index (χ4v) is 9.41. The van der Waals surface area contributed by atoms with Crippen molar-refractivity contribution in [3.63, 3.8) is 0 Å². The molecule has 19 heteroatoms. The molecule has 0 radical (unpaired) electrons. The zero-order valence-corrected chi connectivity index (χ0v) is 38.5. The minimum Gasteiger partial charge on any atom is -0.389 e. The number of aliphatic hydroxyl groups is 3. The number of aliphatic hydroxyl groups excluding tert-OH is 3. The van der Waals surface area contributed by atoms with E-state index in [4.69, 9.17) is 40.8 Å². The lowest BCUT2D eigenvalue weighted by molar-refractivity contribution is -0.0103. The fourth-order valence-electron chi connectivity index (χ4n) is 6.03. The van der Waals surface area contributed by atoms with Crippen LogP contribution in [0.1, 0.15) is 52.4 Å². The first-order valence-corrected chi connectivity index (χ1v) is 24.6. The third kappa shape index (κ3) is 29.1. The Morgan fingerprint density at radius 2 is 0.946 bits per heavy atom. The molecule has 7 N–H and O–H groups in total. The summed E-state index contributed by atoms with van der Waals surface area (Å²) in [6, 6.07) is 1.23. The van der Waals surface area contributed by atoms with E-state index in [1.807, 2.05) is 4.90 Å². The first kappa shape index (κ1) is 55.8. The van der Waals surface area contributed by atoms with E-state index in [0.29, 0.717) is 83.4 Å². The van der Waals surface area contributed by atoms with E-state index in [0.717, 1.165) is 52.3 Å². The normalized spacial score (nSPS) is 14.8. The van der Waals surface area contributed by atoms with E-state index in [1.54, 1.807) is 42.7 Å². The van der Waals surface area contributed by atoms with E-state index in [1.165, 1.54) is 19.3 Å². The Morgan fingerprint density at radius 1 is 0.518 bits per heavy atom. The molecule has 0 bridgehead atoms. The molecule has 0 heterocycles. The SMILES string of the molecule is CCCCC(CC)COCC(O)CNCCNCCNCCNCCN(CC(O)COCCC[Si](OC)(OC)OC)CC(O)COCCC[Si](OC)(OC)OC. The number of ether oxygens (including phenoxy) is 3. The van der Waals surface area contributed by atoms with Gasteiger partial charge in [0.2, 0.25) is 0 Å². The lowest BCUT2D eigenvalue weighted by Gasteiger charge is -2.28. The van der Waals surface area contributed by atoms with E-state index >= 15 is 0 Å². The number of unbranched alkanes of at least 4 members (excludes halogenated alkanes) is 1. The van der Waals surface area contributed by atoms with Crippen molar-refractivity contribution in [3.8, 4) is 0 Å². The Balaban J connectivity index is 4.39. The van der Waals surface area contributed by atoms with E-state index in [9.17, 15) is 15.3 Å². The molecule has 17 nitrogen and oxygen atoms in total. The molecule has 0 aliphatic rings. The van der Waals surface area contributed by atoms with Crippen molar-refractivity contribution in [2.45, 2.75) is 82.8 Å². The molecule has 4 atom stereocenters. The molecule has 0 rings (SSSR count). The van der Waals surface area contributed by atoms with Crippen molar-refractivity contribution >= 4 is 17.6 Å². The molecule has 0 aromatic heterocycles. The van der Waals surface area contributed by atoms with Crippen LogP contribution in [0.15, 0.2) is 0 Å². The highest BCUT2D eigenvalue weighted by molar-refractivity contribution is 6.60. The number of nitrogens with zero attached hydrogens (tertiary/aromatic N) is 1. The number of hydrogen-bond acceptors (Lipinski definition) is 17. The van der Waals surface area contributed by atoms with Crippen molar-refractivity contribution in [3.05, 3.63) is 0 Å². The van der Waals surface area contributed by atoms with E-state index < -0.39 is 35.9 Å². The lowest BCUT2D eigenvalue weighted by Crippen LogP contribution is -2.44. The number of nitrogens with one attached hydrogen (secondary N) is 4. The van der Waals surface area contributed by atoms with Crippen LogP contribution in [-0.2, 0) is 40.8 Å². The first-order chi connectivity index (χ1) is 27.1. The summed E-state index contributed by atoms with van der Waals surface area (Å²) < 4.78 is 50.0. The average Bonchev–Trinajstić information content (AvgIpc) is 3.21. The molecule has 0 fully saturated rings. The van der Waals surface area contributed by atoms with Gasteiger partial charge in [0.05, 0.1) is 38.1 Å². The zero-order chi connectivity index (χ0) is 41.8.